The van der Waals surface area contributed by atoms with Gasteiger partial charge in [-0.05, 0) is 30.0 Å². The molecule has 1 aromatic carbocycles. The van der Waals surface area contributed by atoms with E-state index >= 15 is 0 Å². The van der Waals surface area contributed by atoms with Crippen molar-refractivity contribution in [1.82, 2.24) is 0 Å². The number of carbonyl (C=O) groups excluding carboxylic acids is 1. The summed E-state index contributed by atoms with van der Waals surface area (Å²) in [6.45, 7) is 4.06. The first kappa shape index (κ1) is 10.7. The Balaban J connectivity index is 2.25. The monoisotopic (exact) mass is 222 g/mol. The van der Waals surface area contributed by atoms with Gasteiger partial charge in [-0.15, -0.1) is 0 Å². The van der Waals surface area contributed by atoms with Crippen molar-refractivity contribution in [1.29, 1.82) is 0 Å². The highest BCUT2D eigenvalue weighted by atomic mass is 35.5. The van der Waals surface area contributed by atoms with Crippen molar-refractivity contribution in [2.24, 2.45) is 5.41 Å². The summed E-state index contributed by atoms with van der Waals surface area (Å²) in [5.74, 6) is 0.721. The Bertz CT molecular complexity index is 395. The van der Waals surface area contributed by atoms with E-state index in [1.807, 2.05) is 32.0 Å². The summed E-state index contributed by atoms with van der Waals surface area (Å²) in [5.41, 5.74) is 1.04. The average molecular weight is 223 g/mol. The van der Waals surface area contributed by atoms with E-state index in [2.05, 4.69) is 6.07 Å². The average Bonchev–Trinajstić information content (AvgIpc) is 2.42. The van der Waals surface area contributed by atoms with Crippen molar-refractivity contribution < 1.29 is 4.79 Å². The molecule has 0 amide bonds. The zero-order valence-electron chi connectivity index (χ0n) is 9.09. The van der Waals surface area contributed by atoms with Gasteiger partial charge in [0.25, 0.3) is 0 Å². The Labute approximate surface area is 95.4 Å². The van der Waals surface area contributed by atoms with Crippen LogP contribution in [0.1, 0.15) is 38.2 Å². The van der Waals surface area contributed by atoms with E-state index in [1.54, 1.807) is 0 Å². The predicted molar refractivity (Wildman–Crippen MR) is 62.2 cm³/mol. The van der Waals surface area contributed by atoms with Crippen LogP contribution in [0.25, 0.3) is 0 Å². The summed E-state index contributed by atoms with van der Waals surface area (Å²) < 4.78 is 0. The molecule has 1 unspecified atom stereocenters. The number of halogens is 1. The van der Waals surface area contributed by atoms with Crippen LogP contribution in [0.4, 0.5) is 0 Å². The molecule has 1 aromatic rings. The summed E-state index contributed by atoms with van der Waals surface area (Å²) in [7, 11) is 0. The molecule has 0 spiro atoms. The summed E-state index contributed by atoms with van der Waals surface area (Å²) in [6, 6.07) is 7.85. The normalized spacial score (nSPS) is 24.5. The van der Waals surface area contributed by atoms with Crippen molar-refractivity contribution in [3.8, 4) is 0 Å². The van der Waals surface area contributed by atoms with Gasteiger partial charge in [-0.25, -0.2) is 0 Å². The molecular formula is C13H15ClO. The lowest BCUT2D eigenvalue weighted by Gasteiger charge is -2.15. The van der Waals surface area contributed by atoms with Crippen LogP contribution < -0.4 is 0 Å². The Morgan fingerprint density at radius 2 is 2.13 bits per heavy atom. The quantitative estimate of drug-likeness (QED) is 0.706. The van der Waals surface area contributed by atoms with Gasteiger partial charge in [0.15, 0.2) is 0 Å². The molecule has 80 valence electrons. The minimum Gasteiger partial charge on any atom is -0.299 e. The van der Waals surface area contributed by atoms with E-state index in [-0.39, 0.29) is 5.41 Å². The molecule has 1 fully saturated rings. The lowest BCUT2D eigenvalue weighted by atomic mass is 9.88. The second kappa shape index (κ2) is 3.64. The Hall–Kier alpha value is -0.820. The Morgan fingerprint density at radius 1 is 1.40 bits per heavy atom. The van der Waals surface area contributed by atoms with Crippen molar-refractivity contribution in [3.63, 3.8) is 0 Å². The molecule has 1 aliphatic rings. The van der Waals surface area contributed by atoms with Crippen LogP contribution in [0.3, 0.4) is 0 Å². The smallest absolute Gasteiger partial charge is 0.139 e. The van der Waals surface area contributed by atoms with Gasteiger partial charge in [0.05, 0.1) is 0 Å². The molecule has 2 heteroatoms. The third-order valence-electron chi connectivity index (χ3n) is 3.26. The molecule has 0 aromatic heterocycles. The fourth-order valence-corrected chi connectivity index (χ4v) is 2.50. The SMILES string of the molecule is CC1(C)CC(c2cccc(Cl)c2)CC1=O. The van der Waals surface area contributed by atoms with Crippen LogP contribution in [0.2, 0.25) is 5.02 Å². The minimum atomic E-state index is -0.160. The highest BCUT2D eigenvalue weighted by Gasteiger charge is 2.39. The zero-order chi connectivity index (χ0) is 11.1. The molecule has 1 aliphatic carbocycles. The molecule has 15 heavy (non-hydrogen) atoms. The van der Waals surface area contributed by atoms with Crippen LogP contribution in [-0.2, 0) is 4.79 Å². The summed E-state index contributed by atoms with van der Waals surface area (Å²) in [6.07, 6.45) is 1.60. The fraction of sp³-hybridized carbons (Fsp3) is 0.462. The number of Topliss-reactive ketones (excluding diaryl/α,β-unsaturated/α-hetero) is 1. The van der Waals surface area contributed by atoms with Gasteiger partial charge in [-0.1, -0.05) is 37.6 Å². The third-order valence-corrected chi connectivity index (χ3v) is 3.50. The van der Waals surface area contributed by atoms with E-state index in [9.17, 15) is 4.79 Å². The summed E-state index contributed by atoms with van der Waals surface area (Å²) in [5, 5.41) is 0.754. The van der Waals surface area contributed by atoms with E-state index in [0.717, 1.165) is 11.4 Å². The third kappa shape index (κ3) is 2.07. The van der Waals surface area contributed by atoms with Crippen LogP contribution in [-0.4, -0.2) is 5.78 Å². The molecule has 0 radical (unpaired) electrons. The van der Waals surface area contributed by atoms with Gasteiger partial charge in [0, 0.05) is 16.9 Å². The molecule has 0 aliphatic heterocycles. The number of carbonyl (C=O) groups is 1. The van der Waals surface area contributed by atoms with Crippen molar-refractivity contribution in [3.05, 3.63) is 34.9 Å². The number of ketones is 1. The highest BCUT2D eigenvalue weighted by molar-refractivity contribution is 6.30. The second-order valence-corrected chi connectivity index (χ2v) is 5.40. The maximum Gasteiger partial charge on any atom is 0.139 e. The molecule has 1 saturated carbocycles. The van der Waals surface area contributed by atoms with Crippen LogP contribution in [0.15, 0.2) is 24.3 Å². The van der Waals surface area contributed by atoms with Crippen LogP contribution in [0.5, 0.6) is 0 Å². The number of hydrogen-bond acceptors (Lipinski definition) is 1. The number of benzene rings is 1. The van der Waals surface area contributed by atoms with E-state index in [4.69, 9.17) is 11.6 Å². The molecular weight excluding hydrogens is 208 g/mol. The standard InChI is InChI=1S/C13H15ClO/c1-13(2)8-10(7-12(13)15)9-4-3-5-11(14)6-9/h3-6,10H,7-8H2,1-2H3. The van der Waals surface area contributed by atoms with Gasteiger partial charge in [-0.2, -0.15) is 0 Å². The Morgan fingerprint density at radius 3 is 2.67 bits per heavy atom. The number of hydrogen-bond donors (Lipinski definition) is 0. The van der Waals surface area contributed by atoms with Crippen molar-refractivity contribution in [2.75, 3.05) is 0 Å². The first-order valence-electron chi connectivity index (χ1n) is 5.28. The zero-order valence-corrected chi connectivity index (χ0v) is 9.84. The molecule has 0 saturated heterocycles. The van der Waals surface area contributed by atoms with Gasteiger partial charge < -0.3 is 0 Å². The molecule has 2 rings (SSSR count). The second-order valence-electron chi connectivity index (χ2n) is 4.97. The molecule has 1 nitrogen and oxygen atoms in total. The van der Waals surface area contributed by atoms with Crippen LogP contribution in [0, 0.1) is 5.41 Å². The van der Waals surface area contributed by atoms with E-state index < -0.39 is 0 Å². The predicted octanol–water partition coefficient (Wildman–Crippen LogP) is 3.81. The summed E-state index contributed by atoms with van der Waals surface area (Å²) in [4.78, 5) is 11.7. The maximum atomic E-state index is 11.7. The van der Waals surface area contributed by atoms with Gasteiger partial charge in [0.1, 0.15) is 5.78 Å². The molecule has 0 bridgehead atoms. The van der Waals surface area contributed by atoms with Gasteiger partial charge in [0.2, 0.25) is 0 Å². The first-order chi connectivity index (χ1) is 6.99. The van der Waals surface area contributed by atoms with Gasteiger partial charge >= 0.3 is 0 Å². The topological polar surface area (TPSA) is 17.1 Å². The first-order valence-corrected chi connectivity index (χ1v) is 5.65. The fourth-order valence-electron chi connectivity index (χ4n) is 2.30. The minimum absolute atomic E-state index is 0.160. The van der Waals surface area contributed by atoms with Crippen molar-refractivity contribution >= 4 is 17.4 Å². The maximum absolute atomic E-state index is 11.7. The van der Waals surface area contributed by atoms with Crippen molar-refractivity contribution in [2.45, 2.75) is 32.6 Å². The number of rotatable bonds is 1. The van der Waals surface area contributed by atoms with E-state index in [0.29, 0.717) is 18.1 Å². The van der Waals surface area contributed by atoms with E-state index in [1.165, 1.54) is 5.56 Å². The lowest BCUT2D eigenvalue weighted by Crippen LogP contribution is -2.15. The largest absolute Gasteiger partial charge is 0.299 e. The lowest BCUT2D eigenvalue weighted by molar-refractivity contribution is -0.124. The molecule has 0 heterocycles. The Kier molecular flexibility index (Phi) is 2.59. The molecule has 0 N–H and O–H groups in total. The molecule has 1 atom stereocenters. The van der Waals surface area contributed by atoms with Crippen LogP contribution >= 0.6 is 11.6 Å². The highest BCUT2D eigenvalue weighted by Crippen LogP contribution is 2.43. The van der Waals surface area contributed by atoms with Gasteiger partial charge in [-0.3, -0.25) is 4.79 Å². The summed E-state index contributed by atoms with van der Waals surface area (Å²) >= 11 is 5.95.